The Morgan fingerprint density at radius 1 is 0.969 bits per heavy atom. The molecule has 2 fully saturated rings. The first-order chi connectivity index (χ1) is 15.4. The van der Waals surface area contributed by atoms with Crippen molar-refractivity contribution >= 4 is 12.2 Å². The third kappa shape index (κ3) is 3.40. The lowest BCUT2D eigenvalue weighted by Gasteiger charge is -2.50. The predicted molar refractivity (Wildman–Crippen MR) is 127 cm³/mol. The first kappa shape index (κ1) is 21.4. The first-order valence-corrected chi connectivity index (χ1v) is 11.9. The third-order valence-corrected chi connectivity index (χ3v) is 8.68. The highest BCUT2D eigenvalue weighted by Crippen LogP contribution is 2.61. The van der Waals surface area contributed by atoms with Crippen molar-refractivity contribution in [1.82, 2.24) is 0 Å². The molecule has 170 valence electrons. The number of phenolic OH excluding ortho intramolecular Hbond substituents is 1. The topological polar surface area (TPSA) is 58.9 Å². The van der Waals surface area contributed by atoms with Crippen molar-refractivity contribution in [3.63, 3.8) is 0 Å². The van der Waals surface area contributed by atoms with Crippen molar-refractivity contribution in [3.8, 4) is 17.2 Å². The van der Waals surface area contributed by atoms with Gasteiger partial charge < -0.3 is 19.7 Å². The molecule has 2 aromatic carbocycles. The summed E-state index contributed by atoms with van der Waals surface area (Å²) in [6.45, 7) is 2.31. The summed E-state index contributed by atoms with van der Waals surface area (Å²) >= 11 is 0. The van der Waals surface area contributed by atoms with Crippen LogP contribution in [0.25, 0.3) is 12.2 Å². The van der Waals surface area contributed by atoms with Crippen LogP contribution in [0.2, 0.25) is 0 Å². The Morgan fingerprint density at radius 2 is 1.78 bits per heavy atom. The summed E-state index contributed by atoms with van der Waals surface area (Å²) in [5.41, 5.74) is 4.65. The Morgan fingerprint density at radius 3 is 2.56 bits per heavy atom. The van der Waals surface area contributed by atoms with E-state index in [9.17, 15) is 10.2 Å². The Balaban J connectivity index is 1.44. The Kier molecular flexibility index (Phi) is 5.45. The van der Waals surface area contributed by atoms with Gasteiger partial charge in [0.05, 0.1) is 20.3 Å². The van der Waals surface area contributed by atoms with E-state index in [2.05, 4.69) is 13.0 Å². The van der Waals surface area contributed by atoms with E-state index >= 15 is 0 Å². The monoisotopic (exact) mass is 434 g/mol. The van der Waals surface area contributed by atoms with E-state index in [0.29, 0.717) is 35.0 Å². The Hall–Kier alpha value is -2.46. The molecule has 4 nitrogen and oxygen atoms in total. The zero-order valence-electron chi connectivity index (χ0n) is 19.3. The standard InChI is InChI=1S/C28H34O4/c1-28-13-12-20-21(23(28)9-11-27(28)30)8-7-18-16-24(29)19(15-22(18)20)6-4-17-5-10-25(31-2)26(14-17)32-3/h4-6,10,14-16,20-21,23,27,29-30H,7-9,11-13H2,1-3H3/b6-4-/t20-,21+,23-,27-,28-/m0/s1. The minimum atomic E-state index is -0.144. The van der Waals surface area contributed by atoms with Crippen LogP contribution in [0, 0.1) is 17.3 Å². The minimum absolute atomic E-state index is 0.0890. The number of ether oxygens (including phenoxy) is 2. The molecule has 3 aliphatic rings. The summed E-state index contributed by atoms with van der Waals surface area (Å²) in [6, 6.07) is 10.0. The van der Waals surface area contributed by atoms with Crippen molar-refractivity contribution in [2.75, 3.05) is 14.2 Å². The van der Waals surface area contributed by atoms with Gasteiger partial charge >= 0.3 is 0 Å². The van der Waals surface area contributed by atoms with Gasteiger partial charge in [0.25, 0.3) is 0 Å². The van der Waals surface area contributed by atoms with E-state index < -0.39 is 0 Å². The summed E-state index contributed by atoms with van der Waals surface area (Å²) in [6.07, 6.45) is 10.4. The highest BCUT2D eigenvalue weighted by Gasteiger charge is 2.54. The fourth-order valence-corrected chi connectivity index (χ4v) is 6.87. The summed E-state index contributed by atoms with van der Waals surface area (Å²) in [5.74, 6) is 3.53. The number of aliphatic hydroxyl groups excluding tert-OH is 1. The van der Waals surface area contributed by atoms with E-state index in [1.165, 1.54) is 17.5 Å². The van der Waals surface area contributed by atoms with Gasteiger partial charge in [0.15, 0.2) is 11.5 Å². The number of methoxy groups -OCH3 is 2. The lowest BCUT2D eigenvalue weighted by atomic mass is 9.55. The van der Waals surface area contributed by atoms with Gasteiger partial charge in [-0.1, -0.05) is 25.1 Å². The molecule has 2 aromatic rings. The van der Waals surface area contributed by atoms with Crippen LogP contribution >= 0.6 is 0 Å². The van der Waals surface area contributed by atoms with E-state index in [0.717, 1.165) is 43.2 Å². The first-order valence-electron chi connectivity index (χ1n) is 11.9. The van der Waals surface area contributed by atoms with Gasteiger partial charge in [0.2, 0.25) is 0 Å². The van der Waals surface area contributed by atoms with Gasteiger partial charge in [-0.25, -0.2) is 0 Å². The largest absolute Gasteiger partial charge is 0.507 e. The summed E-state index contributed by atoms with van der Waals surface area (Å²) in [4.78, 5) is 0. The molecule has 0 amide bonds. The fourth-order valence-electron chi connectivity index (χ4n) is 6.87. The molecule has 0 spiro atoms. The quantitative estimate of drug-likeness (QED) is 0.598. The van der Waals surface area contributed by atoms with Crippen LogP contribution in [0.3, 0.4) is 0 Å². The summed E-state index contributed by atoms with van der Waals surface area (Å²) < 4.78 is 10.7. The maximum atomic E-state index is 10.7. The number of aliphatic hydroxyl groups is 1. The normalized spacial score (nSPS) is 31.1. The number of hydrogen-bond acceptors (Lipinski definition) is 4. The Bertz CT molecular complexity index is 1040. The van der Waals surface area contributed by atoms with E-state index in [1.807, 2.05) is 36.4 Å². The fraction of sp³-hybridized carbons (Fsp3) is 0.500. The molecule has 4 heteroatoms. The maximum Gasteiger partial charge on any atom is 0.161 e. The molecule has 32 heavy (non-hydrogen) atoms. The molecule has 0 bridgehead atoms. The number of rotatable bonds is 4. The molecule has 0 radical (unpaired) electrons. The van der Waals surface area contributed by atoms with Gasteiger partial charge in [-0.3, -0.25) is 0 Å². The molecule has 5 atom stereocenters. The lowest BCUT2D eigenvalue weighted by molar-refractivity contribution is -0.0226. The molecule has 2 N–H and O–H groups in total. The molecular weight excluding hydrogens is 400 g/mol. The number of aromatic hydroxyl groups is 1. The molecule has 0 heterocycles. The van der Waals surface area contributed by atoms with E-state index in [-0.39, 0.29) is 11.5 Å². The number of fused-ring (bicyclic) bond motifs is 5. The second kappa shape index (κ2) is 8.15. The van der Waals surface area contributed by atoms with Crippen LogP contribution in [-0.2, 0) is 6.42 Å². The van der Waals surface area contributed by atoms with Crippen LogP contribution in [0.15, 0.2) is 30.3 Å². The van der Waals surface area contributed by atoms with E-state index in [1.54, 1.807) is 14.2 Å². The van der Waals surface area contributed by atoms with Crippen LogP contribution in [0.5, 0.6) is 17.2 Å². The average Bonchev–Trinajstić information content (AvgIpc) is 3.11. The van der Waals surface area contributed by atoms with Crippen molar-refractivity contribution in [2.45, 2.75) is 57.5 Å². The molecule has 0 aliphatic heterocycles. The molecule has 2 saturated carbocycles. The average molecular weight is 435 g/mol. The molecule has 0 aromatic heterocycles. The molecular formula is C28H34O4. The number of phenols is 1. The summed E-state index contributed by atoms with van der Waals surface area (Å²) in [7, 11) is 3.27. The molecule has 5 rings (SSSR count). The van der Waals surface area contributed by atoms with Crippen LogP contribution < -0.4 is 9.47 Å². The highest BCUT2D eigenvalue weighted by atomic mass is 16.5. The predicted octanol–water partition coefficient (Wildman–Crippen LogP) is 5.80. The maximum absolute atomic E-state index is 10.7. The van der Waals surface area contributed by atoms with Crippen LogP contribution in [-0.4, -0.2) is 30.5 Å². The summed E-state index contributed by atoms with van der Waals surface area (Å²) in [5, 5.41) is 21.4. The lowest BCUT2D eigenvalue weighted by Crippen LogP contribution is -2.43. The third-order valence-electron chi connectivity index (χ3n) is 8.68. The van der Waals surface area contributed by atoms with Crippen LogP contribution in [0.4, 0.5) is 0 Å². The minimum Gasteiger partial charge on any atom is -0.507 e. The van der Waals surface area contributed by atoms with Crippen molar-refractivity contribution in [2.24, 2.45) is 17.3 Å². The molecule has 0 unspecified atom stereocenters. The highest BCUT2D eigenvalue weighted by molar-refractivity contribution is 5.74. The smallest absolute Gasteiger partial charge is 0.161 e. The van der Waals surface area contributed by atoms with Gasteiger partial charge in [-0.05, 0) is 103 Å². The Labute approximate surface area is 190 Å². The van der Waals surface area contributed by atoms with E-state index in [4.69, 9.17) is 9.47 Å². The molecule has 0 saturated heterocycles. The zero-order chi connectivity index (χ0) is 22.5. The van der Waals surface area contributed by atoms with Gasteiger partial charge in [0, 0.05) is 5.56 Å². The van der Waals surface area contributed by atoms with Crippen molar-refractivity contribution < 1.29 is 19.7 Å². The zero-order valence-corrected chi connectivity index (χ0v) is 19.3. The number of aryl methyl sites for hydroxylation is 1. The van der Waals surface area contributed by atoms with Crippen molar-refractivity contribution in [1.29, 1.82) is 0 Å². The van der Waals surface area contributed by atoms with Gasteiger partial charge in [-0.15, -0.1) is 0 Å². The van der Waals surface area contributed by atoms with Gasteiger partial charge in [0.1, 0.15) is 5.75 Å². The van der Waals surface area contributed by atoms with Crippen LogP contribution in [0.1, 0.15) is 67.2 Å². The van der Waals surface area contributed by atoms with Gasteiger partial charge in [-0.2, -0.15) is 0 Å². The SMILES string of the molecule is COc1ccc(/C=C\c2cc3c(cc2O)CC[C@@H]2[C@@H]3CC[C@]3(C)[C@@H](O)CC[C@@H]23)cc1OC. The second-order valence-electron chi connectivity index (χ2n) is 10.1. The number of benzene rings is 2. The molecule has 3 aliphatic carbocycles. The van der Waals surface area contributed by atoms with Crippen molar-refractivity contribution in [3.05, 3.63) is 52.6 Å². The number of hydrogen-bond donors (Lipinski definition) is 2. The second-order valence-corrected chi connectivity index (χ2v) is 10.1.